The molecule has 0 saturated heterocycles. The fourth-order valence-corrected chi connectivity index (χ4v) is 3.21. The van der Waals surface area contributed by atoms with Gasteiger partial charge in [0.15, 0.2) is 23.0 Å². The van der Waals surface area contributed by atoms with Gasteiger partial charge in [-0.25, -0.2) is 0 Å². The summed E-state index contributed by atoms with van der Waals surface area (Å²) in [5, 5.41) is 0. The smallest absolute Gasteiger partial charge is 0.203 e. The van der Waals surface area contributed by atoms with Crippen LogP contribution in [0.3, 0.4) is 0 Å². The minimum atomic E-state index is -0.156. The SMILES string of the molecule is COc1cc(CC(C)Oc2c(OC)cc(Br)cc2OC)cc(OC)c1OC. The highest BCUT2D eigenvalue weighted by atomic mass is 79.9. The van der Waals surface area contributed by atoms with Crippen LogP contribution in [-0.2, 0) is 6.42 Å². The molecule has 0 aliphatic carbocycles. The zero-order valence-electron chi connectivity index (χ0n) is 16.4. The first-order valence-electron chi connectivity index (χ1n) is 8.34. The van der Waals surface area contributed by atoms with Crippen LogP contribution in [0.1, 0.15) is 12.5 Å². The van der Waals surface area contributed by atoms with E-state index >= 15 is 0 Å². The van der Waals surface area contributed by atoms with Gasteiger partial charge in [0.1, 0.15) is 6.10 Å². The van der Waals surface area contributed by atoms with Gasteiger partial charge < -0.3 is 28.4 Å². The van der Waals surface area contributed by atoms with E-state index in [2.05, 4.69) is 15.9 Å². The Hall–Kier alpha value is -2.28. The van der Waals surface area contributed by atoms with E-state index in [1.54, 1.807) is 35.5 Å². The predicted molar refractivity (Wildman–Crippen MR) is 107 cm³/mol. The van der Waals surface area contributed by atoms with Gasteiger partial charge in [-0.15, -0.1) is 0 Å². The topological polar surface area (TPSA) is 55.4 Å². The Balaban J connectivity index is 2.27. The average Bonchev–Trinajstić information content (AvgIpc) is 2.67. The number of methoxy groups -OCH3 is 5. The minimum Gasteiger partial charge on any atom is -0.493 e. The summed E-state index contributed by atoms with van der Waals surface area (Å²) in [6.07, 6.45) is 0.468. The summed E-state index contributed by atoms with van der Waals surface area (Å²) in [4.78, 5) is 0. The Morgan fingerprint density at radius 2 is 1.15 bits per heavy atom. The minimum absolute atomic E-state index is 0.156. The molecule has 148 valence electrons. The monoisotopic (exact) mass is 440 g/mol. The first-order valence-corrected chi connectivity index (χ1v) is 9.13. The molecule has 0 aliphatic heterocycles. The zero-order valence-corrected chi connectivity index (χ0v) is 18.0. The van der Waals surface area contributed by atoms with Gasteiger partial charge in [-0.05, 0) is 36.8 Å². The van der Waals surface area contributed by atoms with Crippen LogP contribution in [0.4, 0.5) is 0 Å². The molecule has 2 rings (SSSR count). The van der Waals surface area contributed by atoms with E-state index in [0.29, 0.717) is 40.9 Å². The lowest BCUT2D eigenvalue weighted by Gasteiger charge is -2.20. The Morgan fingerprint density at radius 1 is 0.704 bits per heavy atom. The van der Waals surface area contributed by atoms with Crippen molar-refractivity contribution in [2.24, 2.45) is 0 Å². The number of halogens is 1. The van der Waals surface area contributed by atoms with E-state index in [-0.39, 0.29) is 6.10 Å². The van der Waals surface area contributed by atoms with Crippen molar-refractivity contribution < 1.29 is 28.4 Å². The second-order valence-corrected chi connectivity index (χ2v) is 6.72. The van der Waals surface area contributed by atoms with Crippen molar-refractivity contribution in [3.8, 4) is 34.5 Å². The van der Waals surface area contributed by atoms with Gasteiger partial charge in [0.25, 0.3) is 0 Å². The van der Waals surface area contributed by atoms with E-state index in [4.69, 9.17) is 28.4 Å². The lowest BCUT2D eigenvalue weighted by Crippen LogP contribution is -2.16. The van der Waals surface area contributed by atoms with Crippen molar-refractivity contribution in [3.05, 3.63) is 34.3 Å². The molecular formula is C20H25BrO6. The summed E-state index contributed by atoms with van der Waals surface area (Å²) >= 11 is 3.44. The van der Waals surface area contributed by atoms with Gasteiger partial charge in [-0.2, -0.15) is 0 Å². The maximum Gasteiger partial charge on any atom is 0.203 e. The van der Waals surface area contributed by atoms with Crippen molar-refractivity contribution in [2.75, 3.05) is 35.5 Å². The van der Waals surface area contributed by atoms with Crippen LogP contribution in [0, 0.1) is 0 Å². The molecule has 1 unspecified atom stereocenters. The molecule has 0 aliphatic rings. The maximum absolute atomic E-state index is 6.14. The van der Waals surface area contributed by atoms with Gasteiger partial charge in [0, 0.05) is 10.9 Å². The standard InChI is InChI=1S/C20H25BrO6/c1-12(27-20-17(24-4)10-14(21)11-18(20)25-5)7-13-8-15(22-2)19(26-6)16(9-13)23-3/h8-12H,7H2,1-6H3. The molecule has 6 nitrogen and oxygen atoms in total. The summed E-state index contributed by atoms with van der Waals surface area (Å²) in [5.74, 6) is 3.53. The predicted octanol–water partition coefficient (Wildman–Crippen LogP) is 4.50. The molecule has 0 bridgehead atoms. The highest BCUT2D eigenvalue weighted by Crippen LogP contribution is 2.42. The second-order valence-electron chi connectivity index (χ2n) is 5.81. The number of ether oxygens (including phenoxy) is 6. The summed E-state index contributed by atoms with van der Waals surface area (Å²) in [6.45, 7) is 1.98. The van der Waals surface area contributed by atoms with Crippen molar-refractivity contribution in [1.29, 1.82) is 0 Å². The third kappa shape index (κ3) is 4.91. The van der Waals surface area contributed by atoms with E-state index < -0.39 is 0 Å². The van der Waals surface area contributed by atoms with Crippen LogP contribution in [0.25, 0.3) is 0 Å². The van der Waals surface area contributed by atoms with E-state index in [1.165, 1.54) is 0 Å². The van der Waals surface area contributed by atoms with Crippen LogP contribution >= 0.6 is 15.9 Å². The second kappa shape index (κ2) is 9.60. The van der Waals surface area contributed by atoms with Gasteiger partial charge in [0.05, 0.1) is 35.5 Å². The van der Waals surface area contributed by atoms with Crippen LogP contribution in [0.15, 0.2) is 28.7 Å². The van der Waals surface area contributed by atoms with Crippen LogP contribution in [0.2, 0.25) is 0 Å². The van der Waals surface area contributed by atoms with Crippen molar-refractivity contribution >= 4 is 15.9 Å². The summed E-state index contributed by atoms with van der Waals surface area (Å²) < 4.78 is 34.0. The molecule has 0 aromatic heterocycles. The van der Waals surface area contributed by atoms with Crippen LogP contribution in [-0.4, -0.2) is 41.7 Å². The molecule has 27 heavy (non-hydrogen) atoms. The third-order valence-electron chi connectivity index (χ3n) is 3.99. The molecule has 0 heterocycles. The summed E-state index contributed by atoms with van der Waals surface area (Å²) in [6, 6.07) is 7.50. The first-order chi connectivity index (χ1) is 13.0. The number of benzene rings is 2. The van der Waals surface area contributed by atoms with Gasteiger partial charge in [-0.1, -0.05) is 15.9 Å². The average molecular weight is 441 g/mol. The zero-order chi connectivity index (χ0) is 20.0. The van der Waals surface area contributed by atoms with E-state index in [9.17, 15) is 0 Å². The van der Waals surface area contributed by atoms with E-state index in [0.717, 1.165) is 10.0 Å². The Morgan fingerprint density at radius 3 is 1.56 bits per heavy atom. The summed E-state index contributed by atoms with van der Waals surface area (Å²) in [7, 11) is 7.96. The van der Waals surface area contributed by atoms with E-state index in [1.807, 2.05) is 31.2 Å². The first kappa shape index (κ1) is 21.0. The van der Waals surface area contributed by atoms with Crippen LogP contribution in [0.5, 0.6) is 34.5 Å². The van der Waals surface area contributed by atoms with Crippen molar-refractivity contribution in [3.63, 3.8) is 0 Å². The number of hydrogen-bond donors (Lipinski definition) is 0. The fraction of sp³-hybridized carbons (Fsp3) is 0.400. The molecular weight excluding hydrogens is 416 g/mol. The largest absolute Gasteiger partial charge is 0.493 e. The Labute approximate surface area is 168 Å². The normalized spacial score (nSPS) is 11.5. The van der Waals surface area contributed by atoms with Crippen molar-refractivity contribution in [1.82, 2.24) is 0 Å². The molecule has 0 amide bonds. The highest BCUT2D eigenvalue weighted by molar-refractivity contribution is 9.10. The highest BCUT2D eigenvalue weighted by Gasteiger charge is 2.19. The number of rotatable bonds is 9. The molecule has 1 atom stereocenters. The number of hydrogen-bond acceptors (Lipinski definition) is 6. The molecule has 2 aromatic carbocycles. The lowest BCUT2D eigenvalue weighted by molar-refractivity contribution is 0.201. The van der Waals surface area contributed by atoms with Gasteiger partial charge in [0.2, 0.25) is 11.5 Å². The molecule has 7 heteroatoms. The molecule has 0 radical (unpaired) electrons. The Kier molecular flexibility index (Phi) is 7.47. The quantitative estimate of drug-likeness (QED) is 0.571. The molecule has 2 aromatic rings. The molecule has 0 spiro atoms. The lowest BCUT2D eigenvalue weighted by atomic mass is 10.1. The summed E-state index contributed by atoms with van der Waals surface area (Å²) in [5.41, 5.74) is 0.993. The fourth-order valence-electron chi connectivity index (χ4n) is 2.79. The maximum atomic E-state index is 6.14. The van der Waals surface area contributed by atoms with Gasteiger partial charge in [-0.3, -0.25) is 0 Å². The Bertz CT molecular complexity index is 727. The molecule has 0 fully saturated rings. The van der Waals surface area contributed by atoms with Crippen LogP contribution < -0.4 is 28.4 Å². The van der Waals surface area contributed by atoms with Gasteiger partial charge >= 0.3 is 0 Å². The third-order valence-corrected chi connectivity index (χ3v) is 4.45. The molecule has 0 saturated carbocycles. The molecule has 0 N–H and O–H groups in total. The van der Waals surface area contributed by atoms with Crippen molar-refractivity contribution in [2.45, 2.75) is 19.4 Å².